The van der Waals surface area contributed by atoms with E-state index in [-0.39, 0.29) is 12.4 Å². The van der Waals surface area contributed by atoms with E-state index in [9.17, 15) is 10.2 Å². The van der Waals surface area contributed by atoms with Crippen molar-refractivity contribution < 1.29 is 10.2 Å². The molecule has 5 heteroatoms. The van der Waals surface area contributed by atoms with Gasteiger partial charge in [-0.2, -0.15) is 0 Å². The third-order valence-corrected chi connectivity index (χ3v) is 3.96. The summed E-state index contributed by atoms with van der Waals surface area (Å²) in [7, 11) is 0. The van der Waals surface area contributed by atoms with Crippen molar-refractivity contribution in [2.24, 2.45) is 0 Å². The van der Waals surface area contributed by atoms with Crippen LogP contribution in [0.2, 0.25) is 0 Å². The minimum atomic E-state index is -0.137. The molecule has 0 saturated carbocycles. The quantitative estimate of drug-likeness (QED) is 0.739. The molecule has 1 aromatic carbocycles. The number of thioether (sulfide) groups is 1. The Morgan fingerprint density at radius 3 is 2.75 bits per heavy atom. The van der Waals surface area contributed by atoms with Gasteiger partial charge in [0.15, 0.2) is 0 Å². The van der Waals surface area contributed by atoms with Crippen molar-refractivity contribution in [1.29, 1.82) is 0 Å². The van der Waals surface area contributed by atoms with Crippen molar-refractivity contribution in [2.75, 3.05) is 11.6 Å². The number of nitrogens with zero attached hydrogens (tertiary/aromatic N) is 1. The summed E-state index contributed by atoms with van der Waals surface area (Å²) in [5.74, 6) is 0.144. The molecule has 1 aromatic heterocycles. The van der Waals surface area contributed by atoms with Crippen LogP contribution in [-0.4, -0.2) is 21.5 Å². The average Bonchev–Trinajstić information content (AvgIpc) is 2.49. The topological polar surface area (TPSA) is 65.4 Å². The van der Waals surface area contributed by atoms with Gasteiger partial charge in [0.05, 0.1) is 12.3 Å². The normalized spacial score (nSPS) is 10.6. The second-order valence-corrected chi connectivity index (χ2v) is 5.26. The standard InChI is InChI=1S/C15H18N2O2S/c1-10-15(19)12(11(9-18)7-16-10)8-17-13-5-3-4-6-14(13)20-2/h3-7,17-19H,8-9H2,1-2H3. The number of hydrogen-bond acceptors (Lipinski definition) is 5. The maximum absolute atomic E-state index is 10.1. The Kier molecular flexibility index (Phi) is 4.87. The summed E-state index contributed by atoms with van der Waals surface area (Å²) in [6, 6.07) is 7.99. The number of aryl methyl sites for hydroxylation is 1. The zero-order valence-corrected chi connectivity index (χ0v) is 12.4. The molecule has 0 aliphatic rings. The lowest BCUT2D eigenvalue weighted by atomic mass is 10.1. The summed E-state index contributed by atoms with van der Waals surface area (Å²) in [6.07, 6.45) is 3.63. The van der Waals surface area contributed by atoms with Crippen LogP contribution in [0.1, 0.15) is 16.8 Å². The molecule has 20 heavy (non-hydrogen) atoms. The Morgan fingerprint density at radius 1 is 1.30 bits per heavy atom. The lowest BCUT2D eigenvalue weighted by Crippen LogP contribution is -2.06. The molecular weight excluding hydrogens is 272 g/mol. The summed E-state index contributed by atoms with van der Waals surface area (Å²) >= 11 is 1.66. The number of aliphatic hydroxyl groups is 1. The van der Waals surface area contributed by atoms with Crippen LogP contribution in [-0.2, 0) is 13.2 Å². The fourth-order valence-electron chi connectivity index (χ4n) is 1.99. The molecule has 0 fully saturated rings. The number of nitrogens with one attached hydrogen (secondary N) is 1. The SMILES string of the molecule is CSc1ccccc1NCc1c(CO)cnc(C)c1O. The number of aromatic hydroxyl groups is 1. The average molecular weight is 290 g/mol. The van der Waals surface area contributed by atoms with Gasteiger partial charge in [-0.25, -0.2) is 0 Å². The van der Waals surface area contributed by atoms with E-state index >= 15 is 0 Å². The van der Waals surface area contributed by atoms with E-state index in [4.69, 9.17) is 0 Å². The van der Waals surface area contributed by atoms with Gasteiger partial charge >= 0.3 is 0 Å². The lowest BCUT2D eigenvalue weighted by molar-refractivity contribution is 0.279. The minimum Gasteiger partial charge on any atom is -0.506 e. The van der Waals surface area contributed by atoms with Gasteiger partial charge in [0, 0.05) is 34.5 Å². The van der Waals surface area contributed by atoms with Gasteiger partial charge in [-0.3, -0.25) is 4.98 Å². The van der Waals surface area contributed by atoms with Gasteiger partial charge in [0.1, 0.15) is 5.75 Å². The Balaban J connectivity index is 2.25. The fourth-order valence-corrected chi connectivity index (χ4v) is 2.57. The molecule has 4 nitrogen and oxygen atoms in total. The first kappa shape index (κ1) is 14.7. The number of aromatic nitrogens is 1. The van der Waals surface area contributed by atoms with E-state index in [2.05, 4.69) is 10.3 Å². The first-order chi connectivity index (χ1) is 9.67. The van der Waals surface area contributed by atoms with Crippen LogP contribution in [0.5, 0.6) is 5.75 Å². The molecule has 0 bridgehead atoms. The third-order valence-electron chi connectivity index (χ3n) is 3.16. The molecule has 1 heterocycles. The highest BCUT2D eigenvalue weighted by Crippen LogP contribution is 2.28. The smallest absolute Gasteiger partial charge is 0.142 e. The molecule has 106 valence electrons. The van der Waals surface area contributed by atoms with Gasteiger partial charge in [-0.1, -0.05) is 12.1 Å². The first-order valence-electron chi connectivity index (χ1n) is 6.31. The first-order valence-corrected chi connectivity index (χ1v) is 7.54. The molecular formula is C15H18N2O2S. The van der Waals surface area contributed by atoms with E-state index in [1.165, 1.54) is 0 Å². The molecule has 0 spiro atoms. The molecule has 0 aliphatic carbocycles. The van der Waals surface area contributed by atoms with Crippen LogP contribution in [0, 0.1) is 6.92 Å². The fraction of sp³-hybridized carbons (Fsp3) is 0.267. The maximum atomic E-state index is 10.1. The van der Waals surface area contributed by atoms with E-state index < -0.39 is 0 Å². The molecule has 0 aliphatic heterocycles. The Bertz CT molecular complexity index is 602. The molecule has 0 amide bonds. The zero-order chi connectivity index (χ0) is 14.5. The largest absolute Gasteiger partial charge is 0.506 e. The Morgan fingerprint density at radius 2 is 2.05 bits per heavy atom. The number of para-hydroxylation sites is 1. The third kappa shape index (κ3) is 3.05. The van der Waals surface area contributed by atoms with Gasteiger partial charge in [-0.05, 0) is 25.3 Å². The molecule has 0 radical (unpaired) electrons. The zero-order valence-electron chi connectivity index (χ0n) is 11.6. The van der Waals surface area contributed by atoms with E-state index in [0.29, 0.717) is 23.4 Å². The number of anilines is 1. The van der Waals surface area contributed by atoms with Crippen LogP contribution in [0.25, 0.3) is 0 Å². The van der Waals surface area contributed by atoms with Crippen LogP contribution < -0.4 is 5.32 Å². The van der Waals surface area contributed by atoms with Gasteiger partial charge < -0.3 is 15.5 Å². The molecule has 0 atom stereocenters. The predicted molar refractivity (Wildman–Crippen MR) is 82.1 cm³/mol. The summed E-state index contributed by atoms with van der Waals surface area (Å²) in [6.45, 7) is 2.06. The van der Waals surface area contributed by atoms with Crippen molar-refractivity contribution >= 4 is 17.4 Å². The second kappa shape index (κ2) is 6.63. The predicted octanol–water partition coefficient (Wildman–Crippen LogP) is 2.92. The Labute approximate surface area is 122 Å². The van der Waals surface area contributed by atoms with E-state index in [0.717, 1.165) is 10.6 Å². The highest BCUT2D eigenvalue weighted by atomic mass is 32.2. The molecule has 2 aromatic rings. The van der Waals surface area contributed by atoms with Gasteiger partial charge in [-0.15, -0.1) is 11.8 Å². The Hall–Kier alpha value is -1.72. The summed E-state index contributed by atoms with van der Waals surface area (Å²) in [5, 5.41) is 22.7. The van der Waals surface area contributed by atoms with Gasteiger partial charge in [0.25, 0.3) is 0 Å². The highest BCUT2D eigenvalue weighted by Gasteiger charge is 2.11. The van der Waals surface area contributed by atoms with Crippen molar-refractivity contribution in [3.8, 4) is 5.75 Å². The summed E-state index contributed by atoms with van der Waals surface area (Å²) < 4.78 is 0. The second-order valence-electron chi connectivity index (χ2n) is 4.41. The van der Waals surface area contributed by atoms with Crippen LogP contribution in [0.3, 0.4) is 0 Å². The lowest BCUT2D eigenvalue weighted by Gasteiger charge is -2.14. The number of hydrogen-bond donors (Lipinski definition) is 3. The van der Waals surface area contributed by atoms with Crippen molar-refractivity contribution in [3.63, 3.8) is 0 Å². The number of aliphatic hydroxyl groups excluding tert-OH is 1. The molecule has 3 N–H and O–H groups in total. The van der Waals surface area contributed by atoms with E-state index in [1.54, 1.807) is 24.9 Å². The number of pyridine rings is 1. The van der Waals surface area contributed by atoms with Gasteiger partial charge in [0.2, 0.25) is 0 Å². The highest BCUT2D eigenvalue weighted by molar-refractivity contribution is 7.98. The molecule has 0 unspecified atom stereocenters. The summed E-state index contributed by atoms with van der Waals surface area (Å²) in [4.78, 5) is 5.20. The van der Waals surface area contributed by atoms with Crippen LogP contribution in [0.15, 0.2) is 35.4 Å². The molecule has 2 rings (SSSR count). The monoisotopic (exact) mass is 290 g/mol. The maximum Gasteiger partial charge on any atom is 0.142 e. The molecule has 0 saturated heterocycles. The van der Waals surface area contributed by atoms with Crippen molar-refractivity contribution in [3.05, 3.63) is 47.3 Å². The van der Waals surface area contributed by atoms with Crippen molar-refractivity contribution in [1.82, 2.24) is 4.98 Å². The summed E-state index contributed by atoms with van der Waals surface area (Å²) in [5.41, 5.74) is 2.91. The van der Waals surface area contributed by atoms with Crippen LogP contribution >= 0.6 is 11.8 Å². The van der Waals surface area contributed by atoms with Crippen molar-refractivity contribution in [2.45, 2.75) is 25.0 Å². The van der Waals surface area contributed by atoms with Crippen LogP contribution in [0.4, 0.5) is 5.69 Å². The number of rotatable bonds is 5. The van der Waals surface area contributed by atoms with E-state index in [1.807, 2.05) is 30.5 Å². The minimum absolute atomic E-state index is 0.137. The number of benzene rings is 1.